The molecule has 0 aliphatic carbocycles. The summed E-state index contributed by atoms with van der Waals surface area (Å²) < 4.78 is 5.78. The molecule has 0 radical (unpaired) electrons. The Kier molecular flexibility index (Phi) is 4.45. The number of aliphatic hydroxyl groups is 1. The van der Waals surface area contributed by atoms with Crippen molar-refractivity contribution in [1.82, 2.24) is 15.1 Å². The maximum atomic E-state index is 10.2. The van der Waals surface area contributed by atoms with Crippen molar-refractivity contribution in [3.8, 4) is 5.75 Å². The van der Waals surface area contributed by atoms with Crippen LogP contribution >= 0.6 is 0 Å². The molecule has 2 aromatic rings. The molecule has 3 rings (SSSR count). The van der Waals surface area contributed by atoms with Crippen molar-refractivity contribution >= 4 is 0 Å². The van der Waals surface area contributed by atoms with Gasteiger partial charge in [-0.15, -0.1) is 0 Å². The number of β-amino-alcohol motifs (C(OH)–C–C–N with tert-alkyl or cyclic N) is 1. The van der Waals surface area contributed by atoms with E-state index in [1.165, 1.54) is 16.8 Å². The zero-order chi connectivity index (χ0) is 15.5. The minimum absolute atomic E-state index is 0.318. The lowest BCUT2D eigenvalue weighted by atomic mass is 10.1. The van der Waals surface area contributed by atoms with Gasteiger partial charge >= 0.3 is 0 Å². The maximum Gasteiger partial charge on any atom is 0.122 e. The topological polar surface area (TPSA) is 61.4 Å². The molecule has 0 saturated carbocycles. The van der Waals surface area contributed by atoms with Gasteiger partial charge < -0.3 is 9.84 Å². The molecule has 1 unspecified atom stereocenters. The minimum atomic E-state index is -0.492. The second-order valence-corrected chi connectivity index (χ2v) is 6.09. The van der Waals surface area contributed by atoms with Crippen LogP contribution in [0.2, 0.25) is 0 Å². The fourth-order valence-corrected chi connectivity index (χ4v) is 2.84. The van der Waals surface area contributed by atoms with Crippen molar-refractivity contribution in [3.05, 3.63) is 46.8 Å². The Morgan fingerprint density at radius 2 is 2.27 bits per heavy atom. The molecule has 0 saturated heterocycles. The van der Waals surface area contributed by atoms with Crippen LogP contribution in [0.15, 0.2) is 24.4 Å². The van der Waals surface area contributed by atoms with E-state index in [0.717, 1.165) is 30.8 Å². The lowest BCUT2D eigenvalue weighted by Crippen LogP contribution is -2.38. The molecule has 5 nitrogen and oxygen atoms in total. The van der Waals surface area contributed by atoms with Crippen molar-refractivity contribution in [2.24, 2.45) is 0 Å². The highest BCUT2D eigenvalue weighted by Crippen LogP contribution is 2.20. The quantitative estimate of drug-likeness (QED) is 0.884. The fraction of sp³-hybridized carbons (Fsp3) is 0.471. The summed E-state index contributed by atoms with van der Waals surface area (Å²) in [4.78, 5) is 2.25. The number of ether oxygens (including phenoxy) is 1. The summed E-state index contributed by atoms with van der Waals surface area (Å²) in [6.07, 6.45) is 2.34. The molecular formula is C17H23N3O2. The molecule has 1 aliphatic heterocycles. The normalized spacial score (nSPS) is 16.3. The van der Waals surface area contributed by atoms with Gasteiger partial charge in [-0.05, 0) is 31.0 Å². The van der Waals surface area contributed by atoms with Crippen LogP contribution in [0.4, 0.5) is 0 Å². The molecule has 1 aliphatic rings. The predicted molar refractivity (Wildman–Crippen MR) is 85.0 cm³/mol. The average Bonchev–Trinajstić information content (AvgIpc) is 2.96. The summed E-state index contributed by atoms with van der Waals surface area (Å²) in [5.74, 6) is 0.856. The molecule has 22 heavy (non-hydrogen) atoms. The third-order valence-electron chi connectivity index (χ3n) is 4.12. The molecule has 118 valence electrons. The van der Waals surface area contributed by atoms with E-state index in [-0.39, 0.29) is 0 Å². The summed E-state index contributed by atoms with van der Waals surface area (Å²) in [6.45, 7) is 6.78. The van der Waals surface area contributed by atoms with E-state index < -0.39 is 6.10 Å². The number of nitrogens with one attached hydrogen (secondary N) is 1. The van der Waals surface area contributed by atoms with Crippen LogP contribution in [-0.4, -0.2) is 46.0 Å². The highest BCUT2D eigenvalue weighted by Gasteiger charge is 2.20. The van der Waals surface area contributed by atoms with Gasteiger partial charge in [-0.2, -0.15) is 5.10 Å². The van der Waals surface area contributed by atoms with E-state index in [1.807, 2.05) is 32.2 Å². The molecule has 5 heteroatoms. The standard InChI is InChI=1S/C17H23N3O2/c1-12-3-4-13(2)17(7-12)22-11-15(21)10-20-6-5-16-14(9-20)8-18-19-16/h3-4,7-8,15,21H,5-6,9-11H2,1-2H3,(H,18,19). The van der Waals surface area contributed by atoms with E-state index in [9.17, 15) is 5.11 Å². The molecule has 0 bridgehead atoms. The lowest BCUT2D eigenvalue weighted by molar-refractivity contribution is 0.0634. The van der Waals surface area contributed by atoms with E-state index in [0.29, 0.717) is 13.2 Å². The van der Waals surface area contributed by atoms with E-state index >= 15 is 0 Å². The first-order valence-electron chi connectivity index (χ1n) is 7.73. The fourth-order valence-electron chi connectivity index (χ4n) is 2.84. The number of hydrogen-bond acceptors (Lipinski definition) is 4. The summed E-state index contributed by atoms with van der Waals surface area (Å²) in [5, 5.41) is 17.3. The van der Waals surface area contributed by atoms with Crippen LogP contribution in [0.25, 0.3) is 0 Å². The molecule has 0 amide bonds. The molecule has 1 atom stereocenters. The van der Waals surface area contributed by atoms with Crippen LogP contribution < -0.4 is 4.74 Å². The first-order valence-corrected chi connectivity index (χ1v) is 7.73. The number of aliphatic hydroxyl groups excluding tert-OH is 1. The number of rotatable bonds is 5. The number of nitrogens with zero attached hydrogens (tertiary/aromatic N) is 2. The van der Waals surface area contributed by atoms with Crippen molar-refractivity contribution in [1.29, 1.82) is 0 Å². The molecule has 2 heterocycles. The minimum Gasteiger partial charge on any atom is -0.491 e. The number of H-pyrrole nitrogens is 1. The first kappa shape index (κ1) is 15.1. The predicted octanol–water partition coefficient (Wildman–Crippen LogP) is 1.82. The molecule has 1 aromatic heterocycles. The van der Waals surface area contributed by atoms with Crippen LogP contribution in [-0.2, 0) is 13.0 Å². The van der Waals surface area contributed by atoms with Gasteiger partial charge in [-0.25, -0.2) is 0 Å². The van der Waals surface area contributed by atoms with Gasteiger partial charge in [-0.3, -0.25) is 10.00 Å². The largest absolute Gasteiger partial charge is 0.491 e. The molecule has 0 fully saturated rings. The van der Waals surface area contributed by atoms with Crippen molar-refractivity contribution in [2.75, 3.05) is 19.7 Å². The Bertz CT molecular complexity index is 639. The Balaban J connectivity index is 1.51. The smallest absolute Gasteiger partial charge is 0.122 e. The third kappa shape index (κ3) is 3.48. The number of benzene rings is 1. The second kappa shape index (κ2) is 6.50. The first-order chi connectivity index (χ1) is 10.6. The SMILES string of the molecule is Cc1ccc(C)c(OCC(O)CN2CCc3[nH]ncc3C2)c1. The van der Waals surface area contributed by atoms with Gasteiger partial charge in [0.25, 0.3) is 0 Å². The summed E-state index contributed by atoms with van der Waals surface area (Å²) >= 11 is 0. The van der Waals surface area contributed by atoms with Gasteiger partial charge in [0.1, 0.15) is 18.5 Å². The van der Waals surface area contributed by atoms with Crippen molar-refractivity contribution < 1.29 is 9.84 Å². The summed E-state index contributed by atoms with van der Waals surface area (Å²) in [5.41, 5.74) is 4.71. The maximum absolute atomic E-state index is 10.2. The third-order valence-corrected chi connectivity index (χ3v) is 4.12. The average molecular weight is 301 g/mol. The van der Waals surface area contributed by atoms with Gasteiger partial charge in [0.05, 0.1) is 6.20 Å². The second-order valence-electron chi connectivity index (χ2n) is 6.09. The summed E-state index contributed by atoms with van der Waals surface area (Å²) in [7, 11) is 0. The highest BCUT2D eigenvalue weighted by atomic mass is 16.5. The Morgan fingerprint density at radius 1 is 1.41 bits per heavy atom. The lowest BCUT2D eigenvalue weighted by Gasteiger charge is -2.28. The van der Waals surface area contributed by atoms with Gasteiger partial charge in [0, 0.05) is 37.3 Å². The molecule has 1 aromatic carbocycles. The number of aromatic nitrogens is 2. The number of aromatic amines is 1. The zero-order valence-electron chi connectivity index (χ0n) is 13.2. The van der Waals surface area contributed by atoms with Gasteiger partial charge in [0.15, 0.2) is 0 Å². The van der Waals surface area contributed by atoms with Crippen molar-refractivity contribution in [2.45, 2.75) is 32.9 Å². The van der Waals surface area contributed by atoms with Gasteiger partial charge in [-0.1, -0.05) is 12.1 Å². The Hall–Kier alpha value is -1.85. The molecule has 0 spiro atoms. The van der Waals surface area contributed by atoms with E-state index in [1.54, 1.807) is 0 Å². The number of aryl methyl sites for hydroxylation is 2. The van der Waals surface area contributed by atoms with E-state index in [4.69, 9.17) is 4.74 Å². The molecular weight excluding hydrogens is 278 g/mol. The number of hydrogen-bond donors (Lipinski definition) is 2. The van der Waals surface area contributed by atoms with Crippen LogP contribution in [0, 0.1) is 13.8 Å². The van der Waals surface area contributed by atoms with Crippen LogP contribution in [0.5, 0.6) is 5.75 Å². The van der Waals surface area contributed by atoms with E-state index in [2.05, 4.69) is 21.2 Å². The number of fused-ring (bicyclic) bond motifs is 1. The monoisotopic (exact) mass is 301 g/mol. The van der Waals surface area contributed by atoms with Crippen molar-refractivity contribution in [3.63, 3.8) is 0 Å². The summed E-state index contributed by atoms with van der Waals surface area (Å²) in [6, 6.07) is 6.12. The van der Waals surface area contributed by atoms with Crippen LogP contribution in [0.3, 0.4) is 0 Å². The van der Waals surface area contributed by atoms with Crippen LogP contribution in [0.1, 0.15) is 22.4 Å². The molecule has 2 N–H and O–H groups in total. The van der Waals surface area contributed by atoms with Gasteiger partial charge in [0.2, 0.25) is 0 Å². The highest BCUT2D eigenvalue weighted by molar-refractivity contribution is 5.35. The Labute approximate surface area is 130 Å². The zero-order valence-corrected chi connectivity index (χ0v) is 13.2. The Morgan fingerprint density at radius 3 is 3.14 bits per heavy atom.